The first-order chi connectivity index (χ1) is 8.45. The van der Waals surface area contributed by atoms with Crippen molar-refractivity contribution in [1.82, 2.24) is 0 Å². The maximum Gasteiger partial charge on any atom is 0.0716 e. The molecule has 0 heterocycles. The fraction of sp³-hybridized carbons (Fsp3) is 1.00. The van der Waals surface area contributed by atoms with E-state index in [1.165, 1.54) is 38.5 Å². The van der Waals surface area contributed by atoms with Crippen molar-refractivity contribution in [2.24, 2.45) is 5.73 Å². The smallest absolute Gasteiger partial charge is 0.0716 e. The Labute approximate surface area is 113 Å². The summed E-state index contributed by atoms with van der Waals surface area (Å²) in [6, 6.07) is 0. The number of aliphatic hydroxyl groups excluding tert-OH is 2. The van der Waals surface area contributed by atoms with E-state index in [0.717, 1.165) is 12.8 Å². The van der Waals surface area contributed by atoms with Crippen LogP contribution in [-0.4, -0.2) is 28.0 Å². The molecule has 0 aromatic heterocycles. The molecule has 0 aliphatic rings. The van der Waals surface area contributed by atoms with E-state index in [2.05, 4.69) is 6.92 Å². The molecule has 0 saturated heterocycles. The van der Waals surface area contributed by atoms with E-state index in [1.807, 2.05) is 0 Å². The molecular weight excluding hydrogens is 226 g/mol. The molecule has 2 unspecified atom stereocenters. The molecule has 110 valence electrons. The highest BCUT2D eigenvalue weighted by Gasteiger charge is 2.35. The molecule has 2 atom stereocenters. The van der Waals surface area contributed by atoms with Crippen molar-refractivity contribution in [3.8, 4) is 0 Å². The van der Waals surface area contributed by atoms with Gasteiger partial charge < -0.3 is 15.9 Å². The highest BCUT2D eigenvalue weighted by Crippen LogP contribution is 2.21. The monoisotopic (exact) mass is 259 g/mol. The third kappa shape index (κ3) is 6.72. The summed E-state index contributed by atoms with van der Waals surface area (Å²) in [4.78, 5) is 0. The van der Waals surface area contributed by atoms with Crippen LogP contribution >= 0.6 is 0 Å². The molecule has 18 heavy (non-hydrogen) atoms. The number of aliphatic hydroxyl groups is 2. The second-order valence-corrected chi connectivity index (χ2v) is 5.69. The number of hydrogen-bond acceptors (Lipinski definition) is 3. The molecular formula is C15H33NO2. The van der Waals surface area contributed by atoms with Gasteiger partial charge in [0.15, 0.2) is 0 Å². The van der Waals surface area contributed by atoms with Gasteiger partial charge in [-0.2, -0.15) is 0 Å². The lowest BCUT2D eigenvalue weighted by atomic mass is 9.83. The average Bonchev–Trinajstić information content (AvgIpc) is 2.31. The van der Waals surface area contributed by atoms with Gasteiger partial charge >= 0.3 is 0 Å². The summed E-state index contributed by atoms with van der Waals surface area (Å²) in [6.07, 6.45) is 9.33. The van der Waals surface area contributed by atoms with E-state index in [9.17, 15) is 10.2 Å². The molecule has 4 N–H and O–H groups in total. The Morgan fingerprint density at radius 3 is 1.61 bits per heavy atom. The van der Waals surface area contributed by atoms with Gasteiger partial charge in [0.05, 0.1) is 17.7 Å². The van der Waals surface area contributed by atoms with Gasteiger partial charge in [-0.1, -0.05) is 58.3 Å². The molecule has 0 aromatic rings. The Bertz CT molecular complexity index is 185. The summed E-state index contributed by atoms with van der Waals surface area (Å²) < 4.78 is 0. The van der Waals surface area contributed by atoms with Gasteiger partial charge in [0.2, 0.25) is 0 Å². The van der Waals surface area contributed by atoms with E-state index in [-0.39, 0.29) is 0 Å². The van der Waals surface area contributed by atoms with Crippen LogP contribution < -0.4 is 5.73 Å². The largest absolute Gasteiger partial charge is 0.391 e. The van der Waals surface area contributed by atoms with Crippen LogP contribution in [0.2, 0.25) is 0 Å². The van der Waals surface area contributed by atoms with Crippen molar-refractivity contribution in [2.75, 3.05) is 0 Å². The van der Waals surface area contributed by atoms with Gasteiger partial charge in [0.25, 0.3) is 0 Å². The van der Waals surface area contributed by atoms with E-state index < -0.39 is 17.7 Å². The van der Waals surface area contributed by atoms with Crippen molar-refractivity contribution < 1.29 is 10.2 Å². The van der Waals surface area contributed by atoms with Gasteiger partial charge in [-0.15, -0.1) is 0 Å². The van der Waals surface area contributed by atoms with Crippen LogP contribution in [0, 0.1) is 0 Å². The van der Waals surface area contributed by atoms with Crippen molar-refractivity contribution >= 4 is 0 Å². The molecule has 0 aliphatic heterocycles. The van der Waals surface area contributed by atoms with Crippen LogP contribution in [0.25, 0.3) is 0 Å². The predicted octanol–water partition coefficient (Wildman–Crippen LogP) is 2.98. The van der Waals surface area contributed by atoms with Crippen LogP contribution in [0.15, 0.2) is 0 Å². The van der Waals surface area contributed by atoms with Crippen molar-refractivity contribution in [1.29, 1.82) is 0 Å². The maximum absolute atomic E-state index is 9.66. The molecule has 0 bridgehead atoms. The third-order valence-corrected chi connectivity index (χ3v) is 4.02. The molecule has 0 saturated carbocycles. The summed E-state index contributed by atoms with van der Waals surface area (Å²) in [5.41, 5.74) is 5.22. The number of nitrogens with two attached hydrogens (primary N) is 1. The van der Waals surface area contributed by atoms with Gasteiger partial charge in [-0.25, -0.2) is 0 Å². The lowest BCUT2D eigenvalue weighted by Gasteiger charge is -2.35. The molecule has 0 rings (SSSR count). The van der Waals surface area contributed by atoms with Crippen molar-refractivity contribution in [3.63, 3.8) is 0 Å². The summed E-state index contributed by atoms with van der Waals surface area (Å²) in [7, 11) is 0. The molecule has 0 aromatic carbocycles. The van der Waals surface area contributed by atoms with Gasteiger partial charge in [0.1, 0.15) is 0 Å². The summed E-state index contributed by atoms with van der Waals surface area (Å²) in [5.74, 6) is 0. The summed E-state index contributed by atoms with van der Waals surface area (Å²) in [5, 5.41) is 19.3. The highest BCUT2D eigenvalue weighted by atomic mass is 16.3. The highest BCUT2D eigenvalue weighted by molar-refractivity contribution is 4.93. The first-order valence-electron chi connectivity index (χ1n) is 7.60. The van der Waals surface area contributed by atoms with Crippen LogP contribution in [0.4, 0.5) is 0 Å². The topological polar surface area (TPSA) is 66.5 Å². The Morgan fingerprint density at radius 1 is 0.833 bits per heavy atom. The Morgan fingerprint density at radius 2 is 1.22 bits per heavy atom. The maximum atomic E-state index is 9.66. The Hall–Kier alpha value is -0.120. The zero-order chi connectivity index (χ0) is 14.0. The zero-order valence-corrected chi connectivity index (χ0v) is 12.5. The van der Waals surface area contributed by atoms with E-state index in [0.29, 0.717) is 6.42 Å². The second-order valence-electron chi connectivity index (χ2n) is 5.69. The van der Waals surface area contributed by atoms with E-state index >= 15 is 0 Å². The standard InChI is InChI=1S/C15H33NO2/c1-4-5-6-7-8-9-10-11-12-15(16,13(2)17)14(3)18/h13-14,17-18H,4-12,16H2,1-3H3. The van der Waals surface area contributed by atoms with Crippen LogP contribution in [0.5, 0.6) is 0 Å². The van der Waals surface area contributed by atoms with Crippen LogP contribution in [0.3, 0.4) is 0 Å². The Kier molecular flexibility index (Phi) is 9.70. The molecule has 3 heteroatoms. The van der Waals surface area contributed by atoms with Gasteiger partial charge in [0, 0.05) is 0 Å². The summed E-state index contributed by atoms with van der Waals surface area (Å²) in [6.45, 7) is 5.56. The molecule has 0 fully saturated rings. The van der Waals surface area contributed by atoms with Gasteiger partial charge in [-0.3, -0.25) is 0 Å². The van der Waals surface area contributed by atoms with E-state index in [1.54, 1.807) is 13.8 Å². The average molecular weight is 259 g/mol. The molecule has 0 aliphatic carbocycles. The fourth-order valence-corrected chi connectivity index (χ4v) is 2.33. The lowest BCUT2D eigenvalue weighted by Crippen LogP contribution is -2.57. The van der Waals surface area contributed by atoms with Crippen LogP contribution in [0.1, 0.15) is 78.6 Å². The SMILES string of the molecule is CCCCCCCCCCC(N)(C(C)O)C(C)O. The molecule has 0 radical (unpaired) electrons. The summed E-state index contributed by atoms with van der Waals surface area (Å²) >= 11 is 0. The molecule has 0 spiro atoms. The number of unbranched alkanes of at least 4 members (excludes halogenated alkanes) is 7. The van der Waals surface area contributed by atoms with Crippen molar-refractivity contribution in [3.05, 3.63) is 0 Å². The first kappa shape index (κ1) is 17.9. The Balaban J connectivity index is 3.63. The molecule has 3 nitrogen and oxygen atoms in total. The third-order valence-electron chi connectivity index (χ3n) is 4.02. The fourth-order valence-electron chi connectivity index (χ4n) is 2.33. The van der Waals surface area contributed by atoms with E-state index in [4.69, 9.17) is 5.73 Å². The first-order valence-corrected chi connectivity index (χ1v) is 7.60. The minimum atomic E-state index is -0.845. The van der Waals surface area contributed by atoms with Crippen molar-refractivity contribution in [2.45, 2.75) is 96.3 Å². The van der Waals surface area contributed by atoms with Gasteiger partial charge in [-0.05, 0) is 20.3 Å². The molecule has 0 amide bonds. The van der Waals surface area contributed by atoms with Crippen LogP contribution in [-0.2, 0) is 0 Å². The normalized spacial score (nSPS) is 18.3. The number of hydrogen-bond donors (Lipinski definition) is 3. The zero-order valence-electron chi connectivity index (χ0n) is 12.5. The second kappa shape index (κ2) is 9.76. The minimum absolute atomic E-state index is 0.665. The quantitative estimate of drug-likeness (QED) is 0.500. The minimum Gasteiger partial charge on any atom is -0.391 e. The predicted molar refractivity (Wildman–Crippen MR) is 77.5 cm³/mol. The lowest BCUT2D eigenvalue weighted by molar-refractivity contribution is 0.00127. The number of rotatable bonds is 11.